The van der Waals surface area contributed by atoms with Crippen LogP contribution in [0.3, 0.4) is 0 Å². The van der Waals surface area contributed by atoms with Gasteiger partial charge in [0.15, 0.2) is 0 Å². The van der Waals surface area contributed by atoms with Crippen molar-refractivity contribution < 1.29 is 5.11 Å². The Balaban J connectivity index is 1.87. The molecule has 0 amide bonds. The fourth-order valence-electron chi connectivity index (χ4n) is 2.65. The molecule has 0 atom stereocenters. The highest BCUT2D eigenvalue weighted by Gasteiger charge is 2.22. The maximum absolute atomic E-state index is 9.54. The van der Waals surface area contributed by atoms with Gasteiger partial charge >= 0.3 is 0 Å². The molecule has 1 aromatic carbocycles. The molecular weight excluding hydrogens is 242 g/mol. The van der Waals surface area contributed by atoms with Crippen LogP contribution in [0.25, 0.3) is 0 Å². The van der Waals surface area contributed by atoms with Crippen molar-refractivity contribution in [1.82, 2.24) is 4.90 Å². The zero-order chi connectivity index (χ0) is 13.0. The number of aliphatic hydroxyl groups is 1. The van der Waals surface area contributed by atoms with Crippen LogP contribution < -0.4 is 0 Å². The van der Waals surface area contributed by atoms with Gasteiger partial charge in [0.05, 0.1) is 6.10 Å². The molecular formula is C15H23NOS. The third-order valence-corrected chi connectivity index (χ3v) is 4.62. The monoisotopic (exact) mass is 265 g/mol. The Kier molecular flexibility index (Phi) is 5.10. The molecule has 3 heteroatoms. The van der Waals surface area contributed by atoms with Gasteiger partial charge in [-0.1, -0.05) is 12.1 Å². The first kappa shape index (κ1) is 13.9. The predicted molar refractivity (Wildman–Crippen MR) is 78.0 cm³/mol. The standard InChI is InChI=1S/C15H23NOS/c1-16(13-5-7-14(17)8-6-13)11-12-3-9-15(18-2)10-4-12/h3-4,9-10,13-14,17H,5-8,11H2,1-2H3. The SMILES string of the molecule is CSc1ccc(CN(C)C2CCC(O)CC2)cc1. The number of hydrogen-bond donors (Lipinski definition) is 1. The summed E-state index contributed by atoms with van der Waals surface area (Å²) in [4.78, 5) is 3.75. The molecule has 100 valence electrons. The van der Waals surface area contributed by atoms with E-state index >= 15 is 0 Å². The number of aliphatic hydroxyl groups excluding tert-OH is 1. The molecule has 0 spiro atoms. The fourth-order valence-corrected chi connectivity index (χ4v) is 3.06. The molecule has 0 aliphatic heterocycles. The lowest BCUT2D eigenvalue weighted by atomic mass is 9.92. The van der Waals surface area contributed by atoms with E-state index in [4.69, 9.17) is 0 Å². The lowest BCUT2D eigenvalue weighted by Gasteiger charge is -2.33. The van der Waals surface area contributed by atoms with Crippen LogP contribution in [0.1, 0.15) is 31.2 Å². The first-order valence-electron chi connectivity index (χ1n) is 6.70. The number of benzene rings is 1. The summed E-state index contributed by atoms with van der Waals surface area (Å²) in [7, 11) is 2.20. The zero-order valence-corrected chi connectivity index (χ0v) is 12.1. The van der Waals surface area contributed by atoms with E-state index in [0.29, 0.717) is 6.04 Å². The van der Waals surface area contributed by atoms with E-state index in [9.17, 15) is 5.11 Å². The van der Waals surface area contributed by atoms with Crippen LogP contribution in [0.2, 0.25) is 0 Å². The molecule has 1 N–H and O–H groups in total. The molecule has 1 aliphatic rings. The second-order valence-electron chi connectivity index (χ2n) is 5.23. The van der Waals surface area contributed by atoms with E-state index in [1.54, 1.807) is 11.8 Å². The summed E-state index contributed by atoms with van der Waals surface area (Å²) in [5.41, 5.74) is 1.38. The van der Waals surface area contributed by atoms with Crippen LogP contribution in [0.15, 0.2) is 29.2 Å². The van der Waals surface area contributed by atoms with Crippen molar-refractivity contribution in [2.45, 2.75) is 49.3 Å². The van der Waals surface area contributed by atoms with Crippen LogP contribution in [0, 0.1) is 0 Å². The highest BCUT2D eigenvalue weighted by atomic mass is 32.2. The quantitative estimate of drug-likeness (QED) is 0.846. The largest absolute Gasteiger partial charge is 0.393 e. The van der Waals surface area contributed by atoms with Gasteiger partial charge in [-0.15, -0.1) is 11.8 Å². The lowest BCUT2D eigenvalue weighted by Crippen LogP contribution is -2.35. The molecule has 2 rings (SSSR count). The van der Waals surface area contributed by atoms with Gasteiger partial charge in [0.1, 0.15) is 0 Å². The van der Waals surface area contributed by atoms with Gasteiger partial charge in [0, 0.05) is 17.5 Å². The molecule has 0 radical (unpaired) electrons. The summed E-state index contributed by atoms with van der Waals surface area (Å²) in [5.74, 6) is 0. The Morgan fingerprint density at radius 2 is 1.78 bits per heavy atom. The molecule has 0 aromatic heterocycles. The number of hydrogen-bond acceptors (Lipinski definition) is 3. The van der Waals surface area contributed by atoms with Gasteiger partial charge < -0.3 is 5.11 Å². The molecule has 1 aromatic rings. The molecule has 0 unspecified atom stereocenters. The van der Waals surface area contributed by atoms with Crippen molar-refractivity contribution in [1.29, 1.82) is 0 Å². The predicted octanol–water partition coefficient (Wildman–Crippen LogP) is 3.14. The van der Waals surface area contributed by atoms with Gasteiger partial charge in [-0.05, 0) is 56.7 Å². The summed E-state index contributed by atoms with van der Waals surface area (Å²) >= 11 is 1.78. The minimum atomic E-state index is -0.0597. The molecule has 1 aliphatic carbocycles. The van der Waals surface area contributed by atoms with Gasteiger partial charge in [0.2, 0.25) is 0 Å². The van der Waals surface area contributed by atoms with Crippen molar-refractivity contribution in [2.75, 3.05) is 13.3 Å². The van der Waals surface area contributed by atoms with Crippen molar-refractivity contribution in [3.63, 3.8) is 0 Å². The Bertz CT molecular complexity index is 357. The molecule has 1 saturated carbocycles. The maximum atomic E-state index is 9.54. The first-order chi connectivity index (χ1) is 8.69. The minimum absolute atomic E-state index is 0.0597. The summed E-state index contributed by atoms with van der Waals surface area (Å²) in [6.07, 6.45) is 6.21. The highest BCUT2D eigenvalue weighted by Crippen LogP contribution is 2.24. The Morgan fingerprint density at radius 3 is 2.33 bits per heavy atom. The number of rotatable bonds is 4. The third-order valence-electron chi connectivity index (χ3n) is 3.88. The van der Waals surface area contributed by atoms with Crippen LogP contribution in [0.5, 0.6) is 0 Å². The van der Waals surface area contributed by atoms with E-state index in [0.717, 1.165) is 32.2 Å². The second kappa shape index (κ2) is 6.60. The van der Waals surface area contributed by atoms with Crippen molar-refractivity contribution >= 4 is 11.8 Å². The van der Waals surface area contributed by atoms with Crippen LogP contribution in [-0.4, -0.2) is 35.5 Å². The molecule has 0 heterocycles. The lowest BCUT2D eigenvalue weighted by molar-refractivity contribution is 0.0818. The third kappa shape index (κ3) is 3.74. The van der Waals surface area contributed by atoms with E-state index in [1.807, 2.05) is 0 Å². The summed E-state index contributed by atoms with van der Waals surface area (Å²) in [5, 5.41) is 9.54. The van der Waals surface area contributed by atoms with Crippen LogP contribution in [0.4, 0.5) is 0 Å². The Labute approximate surface area is 114 Å². The van der Waals surface area contributed by atoms with E-state index in [2.05, 4.69) is 42.5 Å². The highest BCUT2D eigenvalue weighted by molar-refractivity contribution is 7.98. The van der Waals surface area contributed by atoms with E-state index in [1.165, 1.54) is 10.5 Å². The van der Waals surface area contributed by atoms with Gasteiger partial charge in [0.25, 0.3) is 0 Å². The Morgan fingerprint density at radius 1 is 1.17 bits per heavy atom. The van der Waals surface area contributed by atoms with E-state index in [-0.39, 0.29) is 6.10 Å². The van der Waals surface area contributed by atoms with Crippen LogP contribution in [-0.2, 0) is 6.54 Å². The van der Waals surface area contributed by atoms with E-state index < -0.39 is 0 Å². The van der Waals surface area contributed by atoms with Crippen molar-refractivity contribution in [2.24, 2.45) is 0 Å². The summed E-state index contributed by atoms with van der Waals surface area (Å²) in [6.45, 7) is 1.01. The van der Waals surface area contributed by atoms with Crippen molar-refractivity contribution in [3.8, 4) is 0 Å². The first-order valence-corrected chi connectivity index (χ1v) is 7.92. The smallest absolute Gasteiger partial charge is 0.0541 e. The molecule has 2 nitrogen and oxygen atoms in total. The molecule has 0 bridgehead atoms. The zero-order valence-electron chi connectivity index (χ0n) is 11.3. The average molecular weight is 265 g/mol. The average Bonchev–Trinajstić information content (AvgIpc) is 2.40. The second-order valence-corrected chi connectivity index (χ2v) is 6.11. The van der Waals surface area contributed by atoms with Gasteiger partial charge in [-0.25, -0.2) is 0 Å². The van der Waals surface area contributed by atoms with Crippen LogP contribution >= 0.6 is 11.8 Å². The van der Waals surface area contributed by atoms with Crippen molar-refractivity contribution in [3.05, 3.63) is 29.8 Å². The van der Waals surface area contributed by atoms with Gasteiger partial charge in [-0.3, -0.25) is 4.90 Å². The molecule has 18 heavy (non-hydrogen) atoms. The summed E-state index contributed by atoms with van der Waals surface area (Å²) < 4.78 is 0. The molecule has 1 fully saturated rings. The fraction of sp³-hybridized carbons (Fsp3) is 0.600. The normalized spacial score (nSPS) is 24.4. The number of thioether (sulfide) groups is 1. The van der Waals surface area contributed by atoms with Gasteiger partial charge in [-0.2, -0.15) is 0 Å². The maximum Gasteiger partial charge on any atom is 0.0541 e. The topological polar surface area (TPSA) is 23.5 Å². The number of nitrogens with zero attached hydrogens (tertiary/aromatic N) is 1. The minimum Gasteiger partial charge on any atom is -0.393 e. The Hall–Kier alpha value is -0.510. The summed E-state index contributed by atoms with van der Waals surface area (Å²) in [6, 6.07) is 9.46. The molecule has 0 saturated heterocycles.